The van der Waals surface area contributed by atoms with Crippen LogP contribution in [0.3, 0.4) is 0 Å². The number of hydrogen-bond donors (Lipinski definition) is 0. The minimum Gasteiger partial charge on any atom is -0.207 e. The summed E-state index contributed by atoms with van der Waals surface area (Å²) in [6.07, 6.45) is 3.21. The van der Waals surface area contributed by atoms with Crippen molar-refractivity contribution in [2.24, 2.45) is 0 Å². The van der Waals surface area contributed by atoms with Crippen LogP contribution < -0.4 is 5.19 Å². The molecule has 0 bridgehead atoms. The van der Waals surface area contributed by atoms with Crippen LogP contribution in [0.5, 0.6) is 0 Å². The van der Waals surface area contributed by atoms with Crippen molar-refractivity contribution < 1.29 is 4.39 Å². The maximum atomic E-state index is 12.8. The van der Waals surface area contributed by atoms with Crippen molar-refractivity contribution in [3.8, 4) is 0 Å². The number of rotatable bonds is 5. The fourth-order valence-electron chi connectivity index (χ4n) is 2.32. The van der Waals surface area contributed by atoms with Gasteiger partial charge in [-0.15, -0.1) is 0 Å². The molecule has 106 valence electrons. The first-order valence-electron chi connectivity index (χ1n) is 7.29. The third-order valence-corrected chi connectivity index (χ3v) is 5.73. The van der Waals surface area contributed by atoms with E-state index in [9.17, 15) is 4.39 Å². The van der Waals surface area contributed by atoms with Gasteiger partial charge in [-0.3, -0.25) is 0 Å². The molecule has 2 rings (SSSR count). The lowest BCUT2D eigenvalue weighted by molar-refractivity contribution is 0.626. The summed E-state index contributed by atoms with van der Waals surface area (Å²) in [6, 6.07) is 15.9. The van der Waals surface area contributed by atoms with Gasteiger partial charge in [0.2, 0.25) is 0 Å². The molecule has 0 fully saturated rings. The van der Waals surface area contributed by atoms with Crippen LogP contribution in [-0.2, 0) is 12.8 Å². The summed E-state index contributed by atoms with van der Waals surface area (Å²) in [5.74, 6) is -0.157. The van der Waals surface area contributed by atoms with Crippen molar-refractivity contribution in [1.82, 2.24) is 0 Å². The smallest absolute Gasteiger partial charge is 0.123 e. The van der Waals surface area contributed by atoms with Crippen molar-refractivity contribution in [3.05, 3.63) is 65.5 Å². The summed E-state index contributed by atoms with van der Waals surface area (Å²) in [7, 11) is -1.18. The van der Waals surface area contributed by atoms with Gasteiger partial charge in [-0.2, -0.15) is 0 Å². The van der Waals surface area contributed by atoms with E-state index < -0.39 is 8.07 Å². The van der Waals surface area contributed by atoms with E-state index in [1.54, 1.807) is 0 Å². The van der Waals surface area contributed by atoms with E-state index in [4.69, 9.17) is 0 Å². The van der Waals surface area contributed by atoms with Gasteiger partial charge in [0, 0.05) is 0 Å². The molecule has 0 N–H and O–H groups in total. The zero-order chi connectivity index (χ0) is 14.6. The Bertz CT molecular complexity index is 535. The van der Waals surface area contributed by atoms with Crippen LogP contribution >= 0.6 is 0 Å². The molecule has 0 radical (unpaired) electrons. The minimum absolute atomic E-state index is 0.157. The molecule has 0 saturated heterocycles. The van der Waals surface area contributed by atoms with Crippen molar-refractivity contribution in [3.63, 3.8) is 0 Å². The molecular formula is C18H23FSi. The second-order valence-corrected chi connectivity index (χ2v) is 11.5. The summed E-state index contributed by atoms with van der Waals surface area (Å²) in [4.78, 5) is 0. The van der Waals surface area contributed by atoms with Gasteiger partial charge in [0.1, 0.15) is 5.82 Å². The van der Waals surface area contributed by atoms with Gasteiger partial charge in [-0.1, -0.05) is 61.2 Å². The third-order valence-electron chi connectivity index (χ3n) is 3.66. The molecule has 20 heavy (non-hydrogen) atoms. The number of halogens is 1. The fraction of sp³-hybridized carbons (Fsp3) is 0.333. The van der Waals surface area contributed by atoms with Gasteiger partial charge in [0.25, 0.3) is 0 Å². The summed E-state index contributed by atoms with van der Waals surface area (Å²) >= 11 is 0. The normalized spacial score (nSPS) is 11.6. The molecule has 0 amide bonds. The Hall–Kier alpha value is -1.41. The molecule has 0 aliphatic rings. The Morgan fingerprint density at radius 3 is 1.65 bits per heavy atom. The highest BCUT2D eigenvalue weighted by Crippen LogP contribution is 2.10. The Labute approximate surface area is 122 Å². The van der Waals surface area contributed by atoms with Crippen LogP contribution in [0.4, 0.5) is 4.39 Å². The molecule has 0 saturated carbocycles. The van der Waals surface area contributed by atoms with Gasteiger partial charge >= 0.3 is 0 Å². The molecule has 0 spiro atoms. The highest BCUT2D eigenvalue weighted by Gasteiger charge is 2.15. The summed E-state index contributed by atoms with van der Waals surface area (Å²) in [5, 5.41) is 1.51. The number of hydrogen-bond acceptors (Lipinski definition) is 0. The van der Waals surface area contributed by atoms with Gasteiger partial charge in [0.05, 0.1) is 8.07 Å². The predicted molar refractivity (Wildman–Crippen MR) is 87.8 cm³/mol. The Morgan fingerprint density at radius 2 is 1.20 bits per heavy atom. The summed E-state index contributed by atoms with van der Waals surface area (Å²) in [5.41, 5.74) is 2.61. The van der Waals surface area contributed by atoms with Crippen LogP contribution in [0.25, 0.3) is 0 Å². The Balaban J connectivity index is 1.87. The zero-order valence-electron chi connectivity index (χ0n) is 12.6. The summed E-state index contributed by atoms with van der Waals surface area (Å²) in [6.45, 7) is 7.11. The highest BCUT2D eigenvalue weighted by molar-refractivity contribution is 6.88. The van der Waals surface area contributed by atoms with Gasteiger partial charge in [-0.05, 0) is 42.5 Å². The minimum atomic E-state index is -1.18. The van der Waals surface area contributed by atoms with Crippen LogP contribution in [-0.4, -0.2) is 8.07 Å². The van der Waals surface area contributed by atoms with E-state index in [-0.39, 0.29) is 5.82 Å². The Morgan fingerprint density at radius 1 is 0.750 bits per heavy atom. The maximum Gasteiger partial charge on any atom is 0.123 e. The SMILES string of the molecule is C[Si](C)(C)c1ccc(CCCc2ccc(F)cc2)cc1. The van der Waals surface area contributed by atoms with Gasteiger partial charge < -0.3 is 0 Å². The number of benzene rings is 2. The molecule has 2 heteroatoms. The van der Waals surface area contributed by atoms with Crippen molar-refractivity contribution in [2.75, 3.05) is 0 Å². The molecule has 2 aromatic rings. The Kier molecular flexibility index (Phi) is 4.76. The van der Waals surface area contributed by atoms with Crippen molar-refractivity contribution >= 4 is 13.3 Å². The average molecular weight is 286 g/mol. The second kappa shape index (κ2) is 6.36. The summed E-state index contributed by atoms with van der Waals surface area (Å²) < 4.78 is 12.8. The molecule has 0 heterocycles. The predicted octanol–water partition coefficient (Wildman–Crippen LogP) is 4.55. The van der Waals surface area contributed by atoms with Crippen LogP contribution in [0.2, 0.25) is 19.6 Å². The molecule has 0 atom stereocenters. The van der Waals surface area contributed by atoms with Crippen LogP contribution in [0, 0.1) is 5.82 Å². The maximum absolute atomic E-state index is 12.8. The largest absolute Gasteiger partial charge is 0.207 e. The standard InChI is InChI=1S/C18H23FSi/c1-20(2,3)18-13-9-16(10-14-18)6-4-5-15-7-11-17(19)12-8-15/h7-14H,4-6H2,1-3H3. The molecule has 0 unspecified atom stereocenters. The molecule has 0 aliphatic carbocycles. The van der Waals surface area contributed by atoms with E-state index in [1.807, 2.05) is 12.1 Å². The van der Waals surface area contributed by atoms with Crippen LogP contribution in [0.1, 0.15) is 17.5 Å². The molecular weight excluding hydrogens is 263 g/mol. The van der Waals surface area contributed by atoms with Gasteiger partial charge in [0.15, 0.2) is 0 Å². The first-order chi connectivity index (χ1) is 9.45. The lowest BCUT2D eigenvalue weighted by atomic mass is 10.0. The van der Waals surface area contributed by atoms with E-state index in [0.29, 0.717) is 0 Å². The third kappa shape index (κ3) is 4.31. The van der Waals surface area contributed by atoms with E-state index in [2.05, 4.69) is 43.9 Å². The molecule has 0 aliphatic heterocycles. The lowest BCUT2D eigenvalue weighted by Crippen LogP contribution is -2.37. The first-order valence-corrected chi connectivity index (χ1v) is 10.8. The fourth-order valence-corrected chi connectivity index (χ4v) is 3.49. The average Bonchev–Trinajstić information content (AvgIpc) is 2.41. The molecule has 0 aromatic heterocycles. The second-order valence-electron chi connectivity index (χ2n) is 6.43. The molecule has 0 nitrogen and oxygen atoms in total. The van der Waals surface area contributed by atoms with E-state index in [0.717, 1.165) is 19.3 Å². The quantitative estimate of drug-likeness (QED) is 0.708. The van der Waals surface area contributed by atoms with E-state index >= 15 is 0 Å². The highest BCUT2D eigenvalue weighted by atomic mass is 28.3. The van der Waals surface area contributed by atoms with Gasteiger partial charge in [-0.25, -0.2) is 4.39 Å². The van der Waals surface area contributed by atoms with Crippen molar-refractivity contribution in [1.29, 1.82) is 0 Å². The van der Waals surface area contributed by atoms with E-state index in [1.165, 1.54) is 28.4 Å². The topological polar surface area (TPSA) is 0 Å². The lowest BCUT2D eigenvalue weighted by Gasteiger charge is -2.16. The monoisotopic (exact) mass is 286 g/mol. The zero-order valence-corrected chi connectivity index (χ0v) is 13.6. The number of aryl methyl sites for hydroxylation is 2. The van der Waals surface area contributed by atoms with Crippen molar-refractivity contribution in [2.45, 2.75) is 38.9 Å². The molecule has 2 aromatic carbocycles. The van der Waals surface area contributed by atoms with Crippen LogP contribution in [0.15, 0.2) is 48.5 Å². The first kappa shape index (κ1) is 15.0.